The van der Waals surface area contributed by atoms with Gasteiger partial charge in [0.25, 0.3) is 0 Å². The summed E-state index contributed by atoms with van der Waals surface area (Å²) in [5, 5.41) is 13.3. The van der Waals surface area contributed by atoms with Crippen molar-refractivity contribution in [2.75, 3.05) is 5.73 Å². The minimum absolute atomic E-state index is 0.0373. The largest absolute Gasteiger partial charge is 0.387 e. The molecule has 0 aromatic carbocycles. The number of fused-ring (bicyclic) bond motifs is 1. The zero-order chi connectivity index (χ0) is 14.4. The fraction of sp³-hybridized carbons (Fsp3) is 0.500. The van der Waals surface area contributed by atoms with E-state index in [0.29, 0.717) is 17.6 Å². The van der Waals surface area contributed by atoms with Gasteiger partial charge < -0.3 is 15.6 Å². The topological polar surface area (TPSA) is 85.7 Å². The number of alkyl halides is 1. The van der Waals surface area contributed by atoms with E-state index in [2.05, 4.69) is 10.1 Å². The molecule has 0 aliphatic carbocycles. The van der Waals surface area contributed by atoms with Crippen molar-refractivity contribution in [3.8, 4) is 0 Å². The number of nitrogen functional groups attached to an aromatic ring is 1. The third-order valence-electron chi connectivity index (χ3n) is 3.55. The zero-order valence-corrected chi connectivity index (χ0v) is 10.7. The van der Waals surface area contributed by atoms with E-state index in [9.17, 15) is 13.9 Å². The lowest BCUT2D eigenvalue weighted by molar-refractivity contribution is 0.00530. The van der Waals surface area contributed by atoms with Crippen molar-refractivity contribution in [1.29, 1.82) is 0 Å². The summed E-state index contributed by atoms with van der Waals surface area (Å²) in [6, 6.07) is 3.10. The molecule has 2 unspecified atom stereocenters. The van der Waals surface area contributed by atoms with Crippen molar-refractivity contribution in [2.24, 2.45) is 0 Å². The Morgan fingerprint density at radius 3 is 2.90 bits per heavy atom. The van der Waals surface area contributed by atoms with E-state index in [-0.39, 0.29) is 5.82 Å². The fourth-order valence-corrected chi connectivity index (χ4v) is 2.53. The van der Waals surface area contributed by atoms with Crippen LogP contribution in [0.4, 0.5) is 14.6 Å². The van der Waals surface area contributed by atoms with E-state index in [1.54, 1.807) is 19.1 Å². The van der Waals surface area contributed by atoms with Crippen LogP contribution >= 0.6 is 0 Å². The van der Waals surface area contributed by atoms with Gasteiger partial charge in [0.15, 0.2) is 12.0 Å². The molecule has 0 amide bonds. The van der Waals surface area contributed by atoms with Crippen molar-refractivity contribution < 1.29 is 18.6 Å². The second kappa shape index (κ2) is 4.64. The van der Waals surface area contributed by atoms with Crippen LogP contribution < -0.4 is 5.73 Å². The molecule has 0 radical (unpaired) electrons. The Morgan fingerprint density at radius 1 is 1.50 bits per heavy atom. The van der Waals surface area contributed by atoms with Crippen molar-refractivity contribution >= 4 is 11.3 Å². The van der Waals surface area contributed by atoms with E-state index >= 15 is 0 Å². The molecule has 0 saturated carbocycles. The summed E-state index contributed by atoms with van der Waals surface area (Å²) in [5.41, 5.74) is 6.26. The van der Waals surface area contributed by atoms with Crippen molar-refractivity contribution in [3.63, 3.8) is 0 Å². The molecule has 6 nitrogen and oxygen atoms in total. The molecule has 1 saturated heterocycles. The van der Waals surface area contributed by atoms with Gasteiger partial charge in [0.2, 0.25) is 0 Å². The first-order chi connectivity index (χ1) is 9.52. The molecule has 20 heavy (non-hydrogen) atoms. The smallest absolute Gasteiger partial charge is 0.327 e. The molecule has 1 fully saturated rings. The van der Waals surface area contributed by atoms with Gasteiger partial charge in [-0.1, -0.05) is 6.92 Å². The van der Waals surface area contributed by atoms with Crippen LogP contribution in [0.25, 0.3) is 5.52 Å². The molecular weight excluding hydrogens is 270 g/mol. The molecule has 108 valence electrons. The van der Waals surface area contributed by atoms with E-state index in [1.165, 1.54) is 4.52 Å². The zero-order valence-electron chi connectivity index (χ0n) is 10.7. The predicted octanol–water partition coefficient (Wildman–Crippen LogP) is 0.999. The van der Waals surface area contributed by atoms with Gasteiger partial charge in [-0.15, -0.1) is 5.10 Å². The summed E-state index contributed by atoms with van der Waals surface area (Å²) in [5.74, 6) is -0.0373. The average Bonchev–Trinajstić information content (AvgIpc) is 2.93. The number of ether oxygens (including phenoxy) is 1. The van der Waals surface area contributed by atoms with Crippen LogP contribution in [0.5, 0.6) is 0 Å². The van der Waals surface area contributed by atoms with Crippen molar-refractivity contribution in [3.05, 3.63) is 23.9 Å². The maximum Gasteiger partial charge on any atom is 0.327 e. The maximum atomic E-state index is 14.2. The van der Waals surface area contributed by atoms with Crippen LogP contribution in [0.2, 0.25) is 0 Å². The van der Waals surface area contributed by atoms with Crippen molar-refractivity contribution in [1.82, 2.24) is 14.6 Å². The number of halogens is 2. The minimum Gasteiger partial charge on any atom is -0.387 e. The molecule has 2 aromatic rings. The van der Waals surface area contributed by atoms with Gasteiger partial charge in [-0.05, 0) is 18.6 Å². The van der Waals surface area contributed by atoms with Crippen LogP contribution in [0.1, 0.15) is 25.1 Å². The number of aromatic nitrogens is 3. The Labute approximate surface area is 113 Å². The fourth-order valence-electron chi connectivity index (χ4n) is 2.53. The van der Waals surface area contributed by atoms with Crippen LogP contribution in [-0.4, -0.2) is 38.1 Å². The number of aliphatic hydroxyl groups is 1. The second-order valence-electron chi connectivity index (χ2n) is 4.76. The van der Waals surface area contributed by atoms with Gasteiger partial charge in [0, 0.05) is 0 Å². The van der Waals surface area contributed by atoms with Crippen LogP contribution in [0.15, 0.2) is 12.1 Å². The Balaban J connectivity index is 2.07. The Morgan fingerprint density at radius 2 is 2.25 bits per heavy atom. The summed E-state index contributed by atoms with van der Waals surface area (Å²) in [4.78, 5) is 3.40. The lowest BCUT2D eigenvalue weighted by atomic mass is 10.1. The predicted molar refractivity (Wildman–Crippen MR) is 66.2 cm³/mol. The molecule has 3 rings (SSSR count). The highest BCUT2D eigenvalue weighted by atomic mass is 19.1. The van der Waals surface area contributed by atoms with E-state index in [0.717, 1.165) is 0 Å². The van der Waals surface area contributed by atoms with Crippen LogP contribution in [-0.2, 0) is 4.74 Å². The first-order valence-corrected chi connectivity index (χ1v) is 6.31. The van der Waals surface area contributed by atoms with E-state index < -0.39 is 30.6 Å². The number of nitrogens with zero attached hydrogens (tertiary/aromatic N) is 3. The van der Waals surface area contributed by atoms with Crippen LogP contribution in [0, 0.1) is 6.08 Å². The lowest BCUT2D eigenvalue weighted by Crippen LogP contribution is -2.27. The number of aliphatic hydroxyl groups excluding tert-OH is 1. The number of nitrogens with two attached hydrogens (primary N) is 1. The highest BCUT2D eigenvalue weighted by Gasteiger charge is 2.45. The SMILES string of the molecule is CCC1OC(c2ccc3c(N)nc(F)nn23)[C@H](F)[C@@H]1O. The first kappa shape index (κ1) is 13.2. The summed E-state index contributed by atoms with van der Waals surface area (Å²) in [6.45, 7) is 1.79. The number of anilines is 1. The minimum atomic E-state index is -1.60. The molecular formula is C12H14F2N4O2. The van der Waals surface area contributed by atoms with Gasteiger partial charge in [0.05, 0.1) is 11.8 Å². The molecule has 2 aromatic heterocycles. The Hall–Kier alpha value is -1.80. The molecule has 4 atom stereocenters. The third-order valence-corrected chi connectivity index (χ3v) is 3.55. The van der Waals surface area contributed by atoms with Gasteiger partial charge in [-0.2, -0.15) is 9.37 Å². The summed E-state index contributed by atoms with van der Waals surface area (Å²) in [6.07, 6.45) is -4.94. The van der Waals surface area contributed by atoms with E-state index in [1.807, 2.05) is 0 Å². The highest BCUT2D eigenvalue weighted by Crippen LogP contribution is 2.37. The molecule has 0 spiro atoms. The molecule has 0 bridgehead atoms. The molecule has 3 heterocycles. The molecule has 1 aliphatic rings. The van der Waals surface area contributed by atoms with Crippen molar-refractivity contribution in [2.45, 2.75) is 37.8 Å². The first-order valence-electron chi connectivity index (χ1n) is 6.31. The molecule has 8 heteroatoms. The maximum absolute atomic E-state index is 14.2. The quantitative estimate of drug-likeness (QED) is 0.859. The molecule has 1 aliphatic heterocycles. The molecule has 3 N–H and O–H groups in total. The number of rotatable bonds is 2. The van der Waals surface area contributed by atoms with E-state index in [4.69, 9.17) is 10.5 Å². The van der Waals surface area contributed by atoms with Gasteiger partial charge in [0.1, 0.15) is 17.7 Å². The van der Waals surface area contributed by atoms with Gasteiger partial charge in [-0.3, -0.25) is 0 Å². The standard InChI is InChI=1S/C12H14F2N4O2/c1-2-7-9(19)8(13)10(20-7)5-3-4-6-11(15)16-12(14)17-18(5)6/h3-4,7-10,19H,2H2,1H3,(H2,15,16,17)/t7?,8-,9-,10?/m1/s1. The average molecular weight is 284 g/mol. The highest BCUT2D eigenvalue weighted by molar-refractivity contribution is 5.65. The summed E-state index contributed by atoms with van der Waals surface area (Å²) in [7, 11) is 0. The van der Waals surface area contributed by atoms with Crippen LogP contribution in [0.3, 0.4) is 0 Å². The monoisotopic (exact) mass is 284 g/mol. The lowest BCUT2D eigenvalue weighted by Gasteiger charge is -2.13. The number of hydrogen-bond acceptors (Lipinski definition) is 5. The number of hydrogen-bond donors (Lipinski definition) is 2. The third kappa shape index (κ3) is 1.83. The summed E-state index contributed by atoms with van der Waals surface area (Å²) >= 11 is 0. The van der Waals surface area contributed by atoms with Gasteiger partial charge >= 0.3 is 6.08 Å². The normalized spacial score (nSPS) is 30.2. The Kier molecular flexibility index (Phi) is 3.06. The Bertz CT molecular complexity index is 648. The second-order valence-corrected chi connectivity index (χ2v) is 4.76. The van der Waals surface area contributed by atoms with Gasteiger partial charge in [-0.25, -0.2) is 8.91 Å². The summed E-state index contributed by atoms with van der Waals surface area (Å²) < 4.78 is 34.1.